The Bertz CT molecular complexity index is 471. The summed E-state index contributed by atoms with van der Waals surface area (Å²) in [5, 5.41) is 0. The van der Waals surface area contributed by atoms with E-state index in [1.165, 1.54) is 0 Å². The molecule has 1 amide bonds. The van der Waals surface area contributed by atoms with E-state index in [2.05, 4.69) is 30.7 Å². The molecule has 21 heavy (non-hydrogen) atoms. The van der Waals surface area contributed by atoms with Gasteiger partial charge >= 0.3 is 6.01 Å². The van der Waals surface area contributed by atoms with Crippen LogP contribution in [0.3, 0.4) is 0 Å². The molecule has 0 aromatic carbocycles. The lowest BCUT2D eigenvalue weighted by Crippen LogP contribution is -2.42. The molecule has 1 aromatic heterocycles. The molecule has 5 nitrogen and oxygen atoms in total. The molecule has 0 aliphatic carbocycles. The van der Waals surface area contributed by atoms with E-state index in [1.807, 2.05) is 11.8 Å². The van der Waals surface area contributed by atoms with Gasteiger partial charge in [-0.2, -0.15) is 0 Å². The number of likely N-dealkylation sites (tertiary alicyclic amines) is 1. The number of piperidine rings is 1. The average Bonchev–Trinajstić information content (AvgIpc) is 2.40. The number of carbonyl (C=O) groups excluding carboxylic acids is 1. The lowest BCUT2D eigenvalue weighted by atomic mass is 9.91. The molecule has 0 N–H and O–H groups in total. The fraction of sp³-hybridized carbons (Fsp3) is 0.688. The van der Waals surface area contributed by atoms with Gasteiger partial charge in [0.05, 0.1) is 0 Å². The molecular weight excluding hydrogens is 266 g/mol. The van der Waals surface area contributed by atoms with Crippen LogP contribution >= 0.6 is 0 Å². The zero-order valence-corrected chi connectivity index (χ0v) is 13.4. The highest BCUT2D eigenvalue weighted by molar-refractivity contribution is 5.76. The van der Waals surface area contributed by atoms with Gasteiger partial charge in [-0.05, 0) is 17.9 Å². The number of hydrogen-bond acceptors (Lipinski definition) is 4. The predicted molar refractivity (Wildman–Crippen MR) is 81.1 cm³/mol. The Kier molecular flexibility index (Phi) is 4.80. The molecule has 1 saturated heterocycles. The molecule has 0 unspecified atom stereocenters. The first-order valence-electron chi connectivity index (χ1n) is 7.56. The fourth-order valence-electron chi connectivity index (χ4n) is 2.38. The molecule has 0 spiro atoms. The number of hydrogen-bond donors (Lipinski definition) is 0. The van der Waals surface area contributed by atoms with Crippen LogP contribution in [0.5, 0.6) is 6.01 Å². The number of carbonyl (C=O) groups is 1. The van der Waals surface area contributed by atoms with Gasteiger partial charge in [0, 0.05) is 44.7 Å². The van der Waals surface area contributed by atoms with Crippen LogP contribution < -0.4 is 4.74 Å². The van der Waals surface area contributed by atoms with Crippen LogP contribution in [-0.4, -0.2) is 40.0 Å². The van der Waals surface area contributed by atoms with Crippen LogP contribution in [0.1, 0.15) is 45.6 Å². The lowest BCUT2D eigenvalue weighted by molar-refractivity contribution is -0.134. The maximum absolute atomic E-state index is 12.2. The van der Waals surface area contributed by atoms with E-state index in [1.54, 1.807) is 12.4 Å². The second kappa shape index (κ2) is 6.41. The third-order valence-corrected chi connectivity index (χ3v) is 3.51. The van der Waals surface area contributed by atoms with Gasteiger partial charge in [0.25, 0.3) is 0 Å². The number of amides is 1. The third-order valence-electron chi connectivity index (χ3n) is 3.51. The Hall–Kier alpha value is -1.65. The van der Waals surface area contributed by atoms with Crippen LogP contribution in [0.15, 0.2) is 12.4 Å². The maximum Gasteiger partial charge on any atom is 0.316 e. The Morgan fingerprint density at radius 2 is 1.86 bits per heavy atom. The summed E-state index contributed by atoms with van der Waals surface area (Å²) in [4.78, 5) is 22.4. The molecule has 0 bridgehead atoms. The highest BCUT2D eigenvalue weighted by atomic mass is 16.5. The normalized spacial score (nSPS) is 16.9. The van der Waals surface area contributed by atoms with Gasteiger partial charge in [-0.25, -0.2) is 9.97 Å². The Morgan fingerprint density at radius 3 is 2.38 bits per heavy atom. The summed E-state index contributed by atoms with van der Waals surface area (Å²) in [6.45, 7) is 9.74. The second-order valence-corrected chi connectivity index (χ2v) is 6.98. The van der Waals surface area contributed by atoms with Gasteiger partial charge in [0.2, 0.25) is 5.91 Å². The van der Waals surface area contributed by atoms with Crippen LogP contribution in [0.2, 0.25) is 0 Å². The molecule has 1 aromatic rings. The summed E-state index contributed by atoms with van der Waals surface area (Å²) in [5.41, 5.74) is 1.06. The van der Waals surface area contributed by atoms with Gasteiger partial charge in [-0.3, -0.25) is 4.79 Å². The van der Waals surface area contributed by atoms with Crippen molar-refractivity contribution in [3.8, 4) is 6.01 Å². The molecule has 2 rings (SSSR count). The number of aryl methyl sites for hydroxylation is 1. The number of ether oxygens (including phenoxy) is 1. The summed E-state index contributed by atoms with van der Waals surface area (Å²) in [7, 11) is 0. The summed E-state index contributed by atoms with van der Waals surface area (Å²) in [6, 6.07) is 0.431. The molecule has 0 radical (unpaired) electrons. The SMILES string of the molecule is Cc1cnc(OC2CCN(C(=O)CC(C)(C)C)CC2)nc1. The molecule has 1 aliphatic rings. The monoisotopic (exact) mass is 291 g/mol. The Labute approximate surface area is 126 Å². The number of rotatable bonds is 3. The van der Waals surface area contributed by atoms with Crippen molar-refractivity contribution < 1.29 is 9.53 Å². The predicted octanol–water partition coefficient (Wildman–Crippen LogP) is 2.59. The standard InChI is InChI=1S/C16H25N3O2/c1-12-10-17-15(18-11-12)21-13-5-7-19(8-6-13)14(20)9-16(2,3)4/h10-11,13H,5-9H2,1-4H3. The van der Waals surface area contributed by atoms with Gasteiger partial charge in [0.1, 0.15) is 6.10 Å². The van der Waals surface area contributed by atoms with Crippen LogP contribution in [0.4, 0.5) is 0 Å². The first-order valence-corrected chi connectivity index (χ1v) is 7.56. The maximum atomic E-state index is 12.2. The van der Waals surface area contributed by atoms with Crippen molar-refractivity contribution in [3.63, 3.8) is 0 Å². The number of nitrogens with zero attached hydrogens (tertiary/aromatic N) is 3. The molecular formula is C16H25N3O2. The molecule has 5 heteroatoms. The Balaban J connectivity index is 1.80. The average molecular weight is 291 g/mol. The minimum absolute atomic E-state index is 0.0418. The largest absolute Gasteiger partial charge is 0.460 e. The molecule has 2 heterocycles. The summed E-state index contributed by atoms with van der Waals surface area (Å²) in [5.74, 6) is 0.243. The topological polar surface area (TPSA) is 55.3 Å². The molecule has 1 aliphatic heterocycles. The third kappa shape index (κ3) is 4.99. The first-order chi connectivity index (χ1) is 9.83. The van der Waals surface area contributed by atoms with E-state index >= 15 is 0 Å². The van der Waals surface area contributed by atoms with Crippen molar-refractivity contribution in [2.45, 2.75) is 53.1 Å². The second-order valence-electron chi connectivity index (χ2n) is 6.98. The summed E-state index contributed by atoms with van der Waals surface area (Å²) < 4.78 is 5.78. The quantitative estimate of drug-likeness (QED) is 0.859. The van der Waals surface area contributed by atoms with Gasteiger partial charge < -0.3 is 9.64 Å². The van der Waals surface area contributed by atoms with Crippen molar-refractivity contribution in [3.05, 3.63) is 18.0 Å². The van der Waals surface area contributed by atoms with Crippen LogP contribution in [-0.2, 0) is 4.79 Å². The van der Waals surface area contributed by atoms with E-state index in [4.69, 9.17) is 4.74 Å². The minimum atomic E-state index is 0.0418. The van der Waals surface area contributed by atoms with Crippen molar-refractivity contribution in [2.24, 2.45) is 5.41 Å². The summed E-state index contributed by atoms with van der Waals surface area (Å²) >= 11 is 0. The van der Waals surface area contributed by atoms with E-state index in [9.17, 15) is 4.79 Å². The van der Waals surface area contributed by atoms with Crippen LogP contribution in [0, 0.1) is 12.3 Å². The minimum Gasteiger partial charge on any atom is -0.460 e. The van der Waals surface area contributed by atoms with E-state index in [-0.39, 0.29) is 17.4 Å². The molecule has 1 fully saturated rings. The highest BCUT2D eigenvalue weighted by Gasteiger charge is 2.26. The molecule has 0 atom stereocenters. The zero-order chi connectivity index (χ0) is 15.5. The van der Waals surface area contributed by atoms with E-state index in [0.29, 0.717) is 12.4 Å². The summed E-state index contributed by atoms with van der Waals surface area (Å²) in [6.07, 6.45) is 5.89. The first kappa shape index (κ1) is 15.7. The van der Waals surface area contributed by atoms with Crippen molar-refractivity contribution in [2.75, 3.05) is 13.1 Å². The van der Waals surface area contributed by atoms with Crippen molar-refractivity contribution >= 4 is 5.91 Å². The van der Waals surface area contributed by atoms with Crippen LogP contribution in [0.25, 0.3) is 0 Å². The van der Waals surface area contributed by atoms with Crippen molar-refractivity contribution in [1.29, 1.82) is 0 Å². The van der Waals surface area contributed by atoms with Crippen molar-refractivity contribution in [1.82, 2.24) is 14.9 Å². The highest BCUT2D eigenvalue weighted by Crippen LogP contribution is 2.22. The fourth-order valence-corrected chi connectivity index (χ4v) is 2.38. The van der Waals surface area contributed by atoms with Gasteiger partial charge in [-0.1, -0.05) is 20.8 Å². The molecule has 116 valence electrons. The zero-order valence-electron chi connectivity index (χ0n) is 13.4. The van der Waals surface area contributed by atoms with E-state index < -0.39 is 0 Å². The smallest absolute Gasteiger partial charge is 0.316 e. The van der Waals surface area contributed by atoms with Gasteiger partial charge in [-0.15, -0.1) is 0 Å². The van der Waals surface area contributed by atoms with Gasteiger partial charge in [0.15, 0.2) is 0 Å². The van der Waals surface area contributed by atoms with E-state index in [0.717, 1.165) is 31.5 Å². The lowest BCUT2D eigenvalue weighted by Gasteiger charge is -2.33. The Morgan fingerprint density at radius 1 is 1.29 bits per heavy atom. The number of aromatic nitrogens is 2. The molecule has 0 saturated carbocycles.